The first-order chi connectivity index (χ1) is 15.6. The number of benzene rings is 2. The van der Waals surface area contributed by atoms with Gasteiger partial charge < -0.3 is 9.47 Å². The molecule has 1 saturated heterocycles. The predicted molar refractivity (Wildman–Crippen MR) is 130 cm³/mol. The number of para-hydroxylation sites is 1. The van der Waals surface area contributed by atoms with Crippen molar-refractivity contribution in [3.63, 3.8) is 0 Å². The number of thioether (sulfide) groups is 1. The van der Waals surface area contributed by atoms with E-state index in [9.17, 15) is 4.79 Å². The molecule has 6 nitrogen and oxygen atoms in total. The minimum absolute atomic E-state index is 0.165. The molecule has 32 heavy (non-hydrogen) atoms. The lowest BCUT2D eigenvalue weighted by molar-refractivity contribution is -0.129. The zero-order chi connectivity index (χ0) is 22.1. The number of nitrogens with zero attached hydrogens (tertiary/aromatic N) is 5. The maximum atomic E-state index is 12.8. The second-order valence-electron chi connectivity index (χ2n) is 8.14. The Morgan fingerprint density at radius 2 is 1.84 bits per heavy atom. The van der Waals surface area contributed by atoms with Crippen molar-refractivity contribution in [2.45, 2.75) is 30.8 Å². The van der Waals surface area contributed by atoms with Gasteiger partial charge in [-0.15, -0.1) is 21.5 Å². The summed E-state index contributed by atoms with van der Waals surface area (Å²) in [5.74, 6) is 1.82. The van der Waals surface area contributed by atoms with Crippen molar-refractivity contribution in [3.05, 3.63) is 59.1 Å². The molecule has 0 atom stereocenters. The Balaban J connectivity index is 1.18. The normalized spacial score (nSPS) is 14.9. The van der Waals surface area contributed by atoms with Crippen molar-refractivity contribution in [2.24, 2.45) is 7.05 Å². The number of carbonyl (C=O) groups excluding carboxylic acids is 1. The number of piperidine rings is 1. The van der Waals surface area contributed by atoms with Gasteiger partial charge in [-0.1, -0.05) is 48.2 Å². The summed E-state index contributed by atoms with van der Waals surface area (Å²) < 4.78 is 3.21. The van der Waals surface area contributed by atoms with Gasteiger partial charge in [0.15, 0.2) is 11.0 Å². The molecular weight excluding hydrogens is 438 g/mol. The van der Waals surface area contributed by atoms with Gasteiger partial charge in [0, 0.05) is 31.6 Å². The van der Waals surface area contributed by atoms with Gasteiger partial charge in [-0.25, -0.2) is 4.98 Å². The third kappa shape index (κ3) is 4.17. The molecule has 0 N–H and O–H groups in total. The molecule has 3 heterocycles. The van der Waals surface area contributed by atoms with Gasteiger partial charge in [0.2, 0.25) is 5.91 Å². The van der Waals surface area contributed by atoms with E-state index in [-0.39, 0.29) is 5.91 Å². The Morgan fingerprint density at radius 1 is 1.09 bits per heavy atom. The van der Waals surface area contributed by atoms with Crippen LogP contribution in [-0.2, 0) is 11.8 Å². The van der Waals surface area contributed by atoms with E-state index in [4.69, 9.17) is 4.98 Å². The molecule has 8 heteroatoms. The molecule has 0 radical (unpaired) electrons. The SMILES string of the molecule is Cc1ccccc1-c1nnc(SCC(=O)N2CCC(c3nc4ccccc4s3)CC2)n1C. The maximum absolute atomic E-state index is 12.8. The summed E-state index contributed by atoms with van der Waals surface area (Å²) in [4.78, 5) is 19.6. The lowest BCUT2D eigenvalue weighted by atomic mass is 9.97. The fourth-order valence-electron chi connectivity index (χ4n) is 4.16. The molecule has 1 fully saturated rings. The number of carbonyl (C=O) groups is 1. The van der Waals surface area contributed by atoms with Crippen LogP contribution in [0.3, 0.4) is 0 Å². The van der Waals surface area contributed by atoms with Crippen LogP contribution in [0.1, 0.15) is 29.3 Å². The number of thiazole rings is 1. The second-order valence-corrected chi connectivity index (χ2v) is 10.1. The zero-order valence-corrected chi connectivity index (χ0v) is 19.8. The fourth-order valence-corrected chi connectivity index (χ4v) is 6.11. The smallest absolute Gasteiger partial charge is 0.233 e. The molecule has 0 bridgehead atoms. The van der Waals surface area contributed by atoms with Crippen molar-refractivity contribution in [3.8, 4) is 11.4 Å². The number of likely N-dealkylation sites (tertiary alicyclic amines) is 1. The molecule has 1 aliphatic heterocycles. The standard InChI is InChI=1S/C24H25N5OS2/c1-16-7-3-4-8-18(16)22-26-27-24(28(22)2)31-15-21(30)29-13-11-17(12-14-29)23-25-19-9-5-6-10-20(19)32-23/h3-10,17H,11-15H2,1-2H3. The highest BCUT2D eigenvalue weighted by Crippen LogP contribution is 2.34. The van der Waals surface area contributed by atoms with E-state index in [0.717, 1.165) is 53.6 Å². The number of hydrogen-bond donors (Lipinski definition) is 0. The Bertz CT molecular complexity index is 1220. The van der Waals surface area contributed by atoms with Crippen molar-refractivity contribution >= 4 is 39.2 Å². The molecule has 0 aliphatic carbocycles. The number of aryl methyl sites for hydroxylation is 1. The van der Waals surface area contributed by atoms with Gasteiger partial charge in [-0.2, -0.15) is 0 Å². The third-order valence-electron chi connectivity index (χ3n) is 6.05. The summed E-state index contributed by atoms with van der Waals surface area (Å²) in [6, 6.07) is 16.4. The van der Waals surface area contributed by atoms with Gasteiger partial charge in [0.25, 0.3) is 0 Å². The molecule has 164 valence electrons. The molecule has 5 rings (SSSR count). The van der Waals surface area contributed by atoms with Crippen LogP contribution in [0.4, 0.5) is 0 Å². The number of fused-ring (bicyclic) bond motifs is 1. The van der Waals surface area contributed by atoms with E-state index in [0.29, 0.717) is 11.7 Å². The van der Waals surface area contributed by atoms with Crippen LogP contribution in [0.2, 0.25) is 0 Å². The molecule has 0 unspecified atom stereocenters. The van der Waals surface area contributed by atoms with Crippen molar-refractivity contribution in [2.75, 3.05) is 18.8 Å². The number of rotatable bonds is 5. The summed E-state index contributed by atoms with van der Waals surface area (Å²) >= 11 is 3.25. The van der Waals surface area contributed by atoms with Crippen molar-refractivity contribution in [1.82, 2.24) is 24.6 Å². The van der Waals surface area contributed by atoms with Gasteiger partial charge in [0.05, 0.1) is 21.0 Å². The van der Waals surface area contributed by atoms with E-state index in [1.807, 2.05) is 34.7 Å². The lowest BCUT2D eigenvalue weighted by Crippen LogP contribution is -2.39. The van der Waals surface area contributed by atoms with E-state index in [1.165, 1.54) is 21.5 Å². The Hall–Kier alpha value is -2.71. The first-order valence-corrected chi connectivity index (χ1v) is 12.6. The summed E-state index contributed by atoms with van der Waals surface area (Å²) in [5.41, 5.74) is 3.31. The van der Waals surface area contributed by atoms with E-state index in [1.54, 1.807) is 11.3 Å². The minimum Gasteiger partial charge on any atom is -0.342 e. The summed E-state index contributed by atoms with van der Waals surface area (Å²) in [7, 11) is 1.96. The van der Waals surface area contributed by atoms with Gasteiger partial charge in [-0.3, -0.25) is 4.79 Å². The Kier molecular flexibility index (Phi) is 5.97. The van der Waals surface area contributed by atoms with Crippen LogP contribution in [0.15, 0.2) is 53.7 Å². The summed E-state index contributed by atoms with van der Waals surface area (Å²) in [6.45, 7) is 3.64. The zero-order valence-electron chi connectivity index (χ0n) is 18.2. The predicted octanol–water partition coefficient (Wildman–Crippen LogP) is 4.90. The number of aromatic nitrogens is 4. The quantitative estimate of drug-likeness (QED) is 0.394. The van der Waals surface area contributed by atoms with Crippen LogP contribution in [-0.4, -0.2) is 49.4 Å². The summed E-state index contributed by atoms with van der Waals surface area (Å²) in [6.07, 6.45) is 1.94. The van der Waals surface area contributed by atoms with Crippen LogP contribution in [0, 0.1) is 6.92 Å². The fraction of sp³-hybridized carbons (Fsp3) is 0.333. The third-order valence-corrected chi connectivity index (χ3v) is 8.26. The van der Waals surface area contributed by atoms with Crippen molar-refractivity contribution < 1.29 is 4.79 Å². The van der Waals surface area contributed by atoms with Crippen LogP contribution < -0.4 is 0 Å². The number of amides is 1. The highest BCUT2D eigenvalue weighted by molar-refractivity contribution is 7.99. The summed E-state index contributed by atoms with van der Waals surface area (Å²) in [5, 5.41) is 10.7. The molecule has 4 aromatic rings. The minimum atomic E-state index is 0.165. The second kappa shape index (κ2) is 9.03. The molecule has 0 saturated carbocycles. The molecule has 1 aliphatic rings. The first kappa shape index (κ1) is 21.2. The molecule has 2 aromatic heterocycles. The Morgan fingerprint density at radius 3 is 2.62 bits per heavy atom. The van der Waals surface area contributed by atoms with Gasteiger partial charge >= 0.3 is 0 Å². The number of hydrogen-bond acceptors (Lipinski definition) is 6. The van der Waals surface area contributed by atoms with Crippen LogP contribution >= 0.6 is 23.1 Å². The van der Waals surface area contributed by atoms with Gasteiger partial charge in [0.1, 0.15) is 0 Å². The molecular formula is C24H25N5OS2. The average molecular weight is 464 g/mol. The largest absolute Gasteiger partial charge is 0.342 e. The first-order valence-electron chi connectivity index (χ1n) is 10.8. The van der Waals surface area contributed by atoms with Crippen LogP contribution in [0.25, 0.3) is 21.6 Å². The Labute approximate surface area is 195 Å². The van der Waals surface area contributed by atoms with Crippen molar-refractivity contribution in [1.29, 1.82) is 0 Å². The average Bonchev–Trinajstić information content (AvgIpc) is 3.41. The highest BCUT2D eigenvalue weighted by atomic mass is 32.2. The van der Waals surface area contributed by atoms with E-state index < -0.39 is 0 Å². The van der Waals surface area contributed by atoms with Crippen LogP contribution in [0.5, 0.6) is 0 Å². The maximum Gasteiger partial charge on any atom is 0.233 e. The topological polar surface area (TPSA) is 63.9 Å². The molecule has 2 aromatic carbocycles. The molecule has 0 spiro atoms. The monoisotopic (exact) mass is 463 g/mol. The van der Waals surface area contributed by atoms with E-state index >= 15 is 0 Å². The molecule has 1 amide bonds. The van der Waals surface area contributed by atoms with Gasteiger partial charge in [-0.05, 0) is 37.5 Å². The highest BCUT2D eigenvalue weighted by Gasteiger charge is 2.26. The van der Waals surface area contributed by atoms with E-state index in [2.05, 4.69) is 47.5 Å². The lowest BCUT2D eigenvalue weighted by Gasteiger charge is -2.31.